The molecule has 0 saturated heterocycles. The Morgan fingerprint density at radius 3 is 2.50 bits per heavy atom. The number of nitrogens with one attached hydrogen (secondary N) is 1. The lowest BCUT2D eigenvalue weighted by molar-refractivity contribution is -0.124. The molecule has 0 aliphatic heterocycles. The van der Waals surface area contributed by atoms with Crippen LogP contribution in [0.2, 0.25) is 0 Å². The fourth-order valence-electron chi connectivity index (χ4n) is 3.77. The first-order valence-electron chi connectivity index (χ1n) is 11.3. The smallest absolute Gasteiger partial charge is 0.339 e. The van der Waals surface area contributed by atoms with Gasteiger partial charge in [-0.1, -0.05) is 18.2 Å². The van der Waals surface area contributed by atoms with Crippen LogP contribution in [0.1, 0.15) is 29.9 Å². The van der Waals surface area contributed by atoms with Gasteiger partial charge in [0.2, 0.25) is 5.91 Å². The third kappa shape index (κ3) is 5.95. The molecule has 0 saturated carbocycles. The lowest BCUT2D eigenvalue weighted by atomic mass is 10.0. The Kier molecular flexibility index (Phi) is 8.21. The fraction of sp³-hybridized carbons (Fsp3) is 0.346. The van der Waals surface area contributed by atoms with Crippen LogP contribution in [0.4, 0.5) is 5.69 Å². The fourth-order valence-corrected chi connectivity index (χ4v) is 3.77. The summed E-state index contributed by atoms with van der Waals surface area (Å²) >= 11 is 0. The minimum absolute atomic E-state index is 0.0653. The highest BCUT2D eigenvalue weighted by Gasteiger charge is 2.26. The van der Waals surface area contributed by atoms with Gasteiger partial charge in [0.05, 0.1) is 47.5 Å². The van der Waals surface area contributed by atoms with E-state index >= 15 is 0 Å². The third-order valence-electron chi connectivity index (χ3n) is 5.48. The lowest BCUT2D eigenvalue weighted by Crippen LogP contribution is -2.49. The first-order chi connectivity index (χ1) is 17.1. The molecule has 10 heteroatoms. The van der Waals surface area contributed by atoms with Crippen LogP contribution in [0.25, 0.3) is 10.9 Å². The molecule has 0 radical (unpaired) electrons. The summed E-state index contributed by atoms with van der Waals surface area (Å²) < 4.78 is 16.8. The minimum Gasteiger partial charge on any atom is -0.493 e. The number of carboxylic acids is 1. The van der Waals surface area contributed by atoms with Crippen molar-refractivity contribution in [3.63, 3.8) is 0 Å². The molecule has 0 bridgehead atoms. The number of aliphatic hydroxyl groups excluding tert-OH is 1. The first kappa shape index (κ1) is 26.6. The van der Waals surface area contributed by atoms with Gasteiger partial charge in [0.15, 0.2) is 11.5 Å². The molecule has 10 nitrogen and oxygen atoms in total. The van der Waals surface area contributed by atoms with Gasteiger partial charge in [0.1, 0.15) is 24.5 Å². The number of carbonyl (C=O) groups excluding carboxylic acids is 1. The number of allylic oxidation sites excluding steroid dienone is 2. The summed E-state index contributed by atoms with van der Waals surface area (Å²) in [4.78, 5) is 29.0. The number of pyridine rings is 1. The van der Waals surface area contributed by atoms with E-state index in [0.29, 0.717) is 33.9 Å². The molecular formula is C26H31N3O7. The quantitative estimate of drug-likeness (QED) is 0.388. The number of fused-ring (bicyclic) bond motifs is 1. The molecule has 0 fully saturated rings. The Balaban J connectivity index is 1.75. The zero-order chi connectivity index (χ0) is 26.5. The summed E-state index contributed by atoms with van der Waals surface area (Å²) in [6.07, 6.45) is 6.64. The number of aryl methyl sites for hydroxylation is 1. The Morgan fingerprint density at radius 1 is 1.17 bits per heavy atom. The number of carbonyl (C=O) groups is 2. The number of hydrogen-bond acceptors (Lipinski definition) is 8. The van der Waals surface area contributed by atoms with Crippen LogP contribution < -0.4 is 15.8 Å². The van der Waals surface area contributed by atoms with Crippen LogP contribution in [-0.4, -0.2) is 59.5 Å². The van der Waals surface area contributed by atoms with Gasteiger partial charge in [-0.15, -0.1) is 0 Å². The van der Waals surface area contributed by atoms with E-state index in [1.165, 1.54) is 7.11 Å². The summed E-state index contributed by atoms with van der Waals surface area (Å²) in [6.45, 7) is 5.25. The van der Waals surface area contributed by atoms with Crippen LogP contribution in [0.5, 0.6) is 5.75 Å². The predicted octanol–water partition coefficient (Wildman–Crippen LogP) is 2.71. The largest absolute Gasteiger partial charge is 0.493 e. The summed E-state index contributed by atoms with van der Waals surface area (Å²) in [5.41, 5.74) is 6.26. The van der Waals surface area contributed by atoms with E-state index in [4.69, 9.17) is 25.1 Å². The second-order valence-corrected chi connectivity index (χ2v) is 8.85. The SMILES string of the molecule is COC1=C(OCCO)C=CC(C(=O)NC(C)(C)COc2cccc3nc(C)c(C(=O)O)c(N)c23)C=C1. The topological polar surface area (TPSA) is 153 Å². The van der Waals surface area contributed by atoms with Gasteiger partial charge in [-0.25, -0.2) is 4.79 Å². The second-order valence-electron chi connectivity index (χ2n) is 8.85. The van der Waals surface area contributed by atoms with Crippen LogP contribution in [0.15, 0.2) is 54.0 Å². The number of ether oxygens (including phenoxy) is 3. The molecule has 2 aromatic rings. The highest BCUT2D eigenvalue weighted by molar-refractivity contribution is 6.06. The third-order valence-corrected chi connectivity index (χ3v) is 5.48. The van der Waals surface area contributed by atoms with Crippen LogP contribution in [0, 0.1) is 12.8 Å². The maximum absolute atomic E-state index is 13.0. The lowest BCUT2D eigenvalue weighted by Gasteiger charge is -2.28. The number of nitrogens with zero attached hydrogens (tertiary/aromatic N) is 1. The number of nitrogens with two attached hydrogens (primary N) is 1. The number of rotatable bonds is 10. The standard InChI is InChI=1S/C26H31N3O7/c1-15-21(25(32)33)23(27)22-17(28-15)6-5-7-20(22)36-14-26(2,3)29-24(31)16-8-10-18(34-4)19(11-9-16)35-13-12-30/h5-11,16,30H,12-14H2,1-4H3,(H2,27,28)(H,29,31)(H,32,33). The second kappa shape index (κ2) is 11.1. The summed E-state index contributed by atoms with van der Waals surface area (Å²) in [5, 5.41) is 21.9. The van der Waals surface area contributed by atoms with E-state index in [0.717, 1.165) is 0 Å². The average Bonchev–Trinajstić information content (AvgIpc) is 3.02. The molecule has 1 unspecified atom stereocenters. The molecule has 1 aromatic carbocycles. The maximum Gasteiger partial charge on any atom is 0.339 e. The Bertz CT molecular complexity index is 1250. The highest BCUT2D eigenvalue weighted by atomic mass is 16.5. The van der Waals surface area contributed by atoms with Crippen LogP contribution in [-0.2, 0) is 14.3 Å². The number of amides is 1. The molecule has 0 spiro atoms. The van der Waals surface area contributed by atoms with Gasteiger partial charge >= 0.3 is 5.97 Å². The molecule has 1 aromatic heterocycles. The molecule has 1 atom stereocenters. The molecule has 3 rings (SSSR count). The van der Waals surface area contributed by atoms with Gasteiger partial charge < -0.3 is 35.5 Å². The van der Waals surface area contributed by atoms with E-state index in [2.05, 4.69) is 10.3 Å². The van der Waals surface area contributed by atoms with E-state index in [9.17, 15) is 14.7 Å². The molecule has 192 valence electrons. The van der Waals surface area contributed by atoms with Crippen molar-refractivity contribution in [1.29, 1.82) is 0 Å². The van der Waals surface area contributed by atoms with Gasteiger partial charge in [-0.05, 0) is 45.1 Å². The summed E-state index contributed by atoms with van der Waals surface area (Å²) in [7, 11) is 1.49. The number of carboxylic acid groups (broad SMARTS) is 1. The number of benzene rings is 1. The van der Waals surface area contributed by atoms with E-state index in [-0.39, 0.29) is 37.0 Å². The molecule has 36 heavy (non-hydrogen) atoms. The monoisotopic (exact) mass is 497 g/mol. The van der Waals surface area contributed by atoms with E-state index < -0.39 is 17.4 Å². The van der Waals surface area contributed by atoms with Gasteiger partial charge in [-0.2, -0.15) is 0 Å². The van der Waals surface area contributed by atoms with Gasteiger partial charge in [0, 0.05) is 0 Å². The number of anilines is 1. The van der Waals surface area contributed by atoms with E-state index in [1.807, 2.05) is 13.8 Å². The van der Waals surface area contributed by atoms with Crippen molar-refractivity contribution in [3.8, 4) is 5.75 Å². The number of aromatic nitrogens is 1. The van der Waals surface area contributed by atoms with Gasteiger partial charge in [0.25, 0.3) is 0 Å². The highest BCUT2D eigenvalue weighted by Crippen LogP contribution is 2.33. The number of methoxy groups -OCH3 is 1. The van der Waals surface area contributed by atoms with Crippen molar-refractivity contribution in [2.75, 3.05) is 32.7 Å². The van der Waals surface area contributed by atoms with Crippen molar-refractivity contribution in [1.82, 2.24) is 10.3 Å². The minimum atomic E-state index is -1.16. The Hall–Kier alpha value is -4.05. The number of hydrogen-bond donors (Lipinski definition) is 4. The molecule has 5 N–H and O–H groups in total. The predicted molar refractivity (Wildman–Crippen MR) is 134 cm³/mol. The number of nitrogen functional groups attached to an aromatic ring is 1. The van der Waals surface area contributed by atoms with Crippen molar-refractivity contribution >= 4 is 28.5 Å². The van der Waals surface area contributed by atoms with Crippen LogP contribution in [0.3, 0.4) is 0 Å². The molecular weight excluding hydrogens is 466 g/mol. The summed E-state index contributed by atoms with van der Waals surface area (Å²) in [6, 6.07) is 5.16. The first-order valence-corrected chi connectivity index (χ1v) is 11.3. The Labute approximate surface area is 209 Å². The molecule has 1 heterocycles. The average molecular weight is 498 g/mol. The zero-order valence-corrected chi connectivity index (χ0v) is 20.7. The van der Waals surface area contributed by atoms with Crippen molar-refractivity contribution in [2.24, 2.45) is 5.92 Å². The molecule has 1 amide bonds. The number of aromatic carboxylic acids is 1. The number of aliphatic hydroxyl groups is 1. The summed E-state index contributed by atoms with van der Waals surface area (Å²) in [5.74, 6) is -0.797. The maximum atomic E-state index is 13.0. The normalized spacial score (nSPS) is 15.5. The van der Waals surface area contributed by atoms with Gasteiger partial charge in [-0.3, -0.25) is 9.78 Å². The molecule has 1 aliphatic rings. The van der Waals surface area contributed by atoms with Crippen molar-refractivity contribution in [2.45, 2.75) is 26.3 Å². The van der Waals surface area contributed by atoms with E-state index in [1.54, 1.807) is 49.4 Å². The van der Waals surface area contributed by atoms with Crippen molar-refractivity contribution < 1.29 is 34.0 Å². The van der Waals surface area contributed by atoms with Crippen LogP contribution >= 0.6 is 0 Å². The molecule has 1 aliphatic carbocycles. The van der Waals surface area contributed by atoms with Crippen molar-refractivity contribution in [3.05, 3.63) is 65.3 Å². The Morgan fingerprint density at radius 2 is 1.86 bits per heavy atom. The zero-order valence-electron chi connectivity index (χ0n) is 20.7.